The molecule has 0 amide bonds. The summed E-state index contributed by atoms with van der Waals surface area (Å²) in [6.07, 6.45) is 9.31. The molecule has 0 spiro atoms. The van der Waals surface area contributed by atoms with Gasteiger partial charge in [0.1, 0.15) is 0 Å². The standard InChI is InChI=1S/C9H10O2/c1-2-3-4-5-6-7-8-9(10)11/h2-8H,1H2,(H,10,11)/i8T. The summed E-state index contributed by atoms with van der Waals surface area (Å²) < 4.78 is 6.87. The highest BCUT2D eigenvalue weighted by atomic mass is 16.4. The van der Waals surface area contributed by atoms with Crippen LogP contribution >= 0.6 is 0 Å². The molecule has 0 rings (SSSR count). The largest absolute Gasteiger partial charge is 0.478 e. The van der Waals surface area contributed by atoms with Gasteiger partial charge in [-0.1, -0.05) is 43.0 Å². The molecule has 0 fully saturated rings. The summed E-state index contributed by atoms with van der Waals surface area (Å²) in [4.78, 5) is 10.1. The smallest absolute Gasteiger partial charge is 0.328 e. The minimum atomic E-state index is -1.23. The van der Waals surface area contributed by atoms with E-state index < -0.39 is 12.0 Å². The van der Waals surface area contributed by atoms with Gasteiger partial charge in [-0.3, -0.25) is 0 Å². The van der Waals surface area contributed by atoms with Gasteiger partial charge in [-0.05, 0) is 0 Å². The van der Waals surface area contributed by atoms with Gasteiger partial charge in [-0.15, -0.1) is 0 Å². The van der Waals surface area contributed by atoms with E-state index in [1.54, 1.807) is 24.3 Å². The second kappa shape index (κ2) is 6.55. The highest BCUT2D eigenvalue weighted by Gasteiger charge is 1.78. The fourth-order valence-electron chi connectivity index (χ4n) is 0.382. The summed E-state index contributed by atoms with van der Waals surface area (Å²) in [5, 5.41) is 8.26. The van der Waals surface area contributed by atoms with E-state index in [0.29, 0.717) is 0 Å². The molecule has 0 aromatic rings. The lowest BCUT2D eigenvalue weighted by Gasteiger charge is -1.74. The molecule has 1 N–H and O–H groups in total. The van der Waals surface area contributed by atoms with Crippen LogP contribution in [0.5, 0.6) is 0 Å². The van der Waals surface area contributed by atoms with Crippen molar-refractivity contribution in [2.45, 2.75) is 0 Å². The number of allylic oxidation sites excluding steroid dienone is 6. The molecule has 0 aromatic carbocycles. The zero-order valence-electron chi connectivity index (χ0n) is 7.03. The highest BCUT2D eigenvalue weighted by molar-refractivity contribution is 5.80. The Hall–Kier alpha value is -1.57. The van der Waals surface area contributed by atoms with E-state index in [0.717, 1.165) is 0 Å². The SMILES string of the molecule is [3H]C(=CC=CC=CC=C)C(=O)O. The number of carboxylic acid groups (broad SMARTS) is 1. The van der Waals surface area contributed by atoms with Gasteiger partial charge in [-0.25, -0.2) is 4.79 Å². The summed E-state index contributed by atoms with van der Waals surface area (Å²) in [5.74, 6) is -1.23. The molecule has 11 heavy (non-hydrogen) atoms. The van der Waals surface area contributed by atoms with E-state index in [2.05, 4.69) is 6.58 Å². The van der Waals surface area contributed by atoms with Gasteiger partial charge in [0.05, 0.1) is 1.37 Å². The first-order chi connectivity index (χ1) is 5.68. The van der Waals surface area contributed by atoms with Crippen LogP contribution in [0.15, 0.2) is 49.1 Å². The molecule has 0 saturated heterocycles. The van der Waals surface area contributed by atoms with Crippen LogP contribution in [-0.4, -0.2) is 11.1 Å². The van der Waals surface area contributed by atoms with Crippen molar-refractivity contribution in [3.63, 3.8) is 0 Å². The molecule has 0 aliphatic carbocycles. The van der Waals surface area contributed by atoms with Crippen LogP contribution in [0.2, 0.25) is 0 Å². The molecular formula is C9H10O2. The first-order valence-electron chi connectivity index (χ1n) is 3.54. The maximum Gasteiger partial charge on any atom is 0.328 e. The summed E-state index contributed by atoms with van der Waals surface area (Å²) in [6.45, 7) is 3.45. The first kappa shape index (κ1) is 7.54. The third kappa shape index (κ3) is 8.43. The quantitative estimate of drug-likeness (QED) is 0.493. The molecule has 0 saturated carbocycles. The Labute approximate surface area is 67.3 Å². The van der Waals surface area contributed by atoms with Crippen molar-refractivity contribution in [1.82, 2.24) is 0 Å². The van der Waals surface area contributed by atoms with Crippen molar-refractivity contribution in [1.29, 1.82) is 0 Å². The van der Waals surface area contributed by atoms with Crippen molar-refractivity contribution in [3.05, 3.63) is 49.1 Å². The van der Waals surface area contributed by atoms with Crippen LogP contribution in [0.4, 0.5) is 0 Å². The van der Waals surface area contributed by atoms with Crippen molar-refractivity contribution in [2.24, 2.45) is 0 Å². The minimum absolute atomic E-state index is 0.432. The average molecular weight is 152 g/mol. The summed E-state index contributed by atoms with van der Waals surface area (Å²) in [5.41, 5.74) is 0. The molecule has 0 aliphatic rings. The third-order valence-electron chi connectivity index (χ3n) is 0.772. The van der Waals surface area contributed by atoms with Crippen LogP contribution < -0.4 is 0 Å². The fourth-order valence-corrected chi connectivity index (χ4v) is 0.382. The maximum atomic E-state index is 10.1. The number of aliphatic carboxylic acids is 1. The van der Waals surface area contributed by atoms with Crippen LogP contribution in [0, 0.1) is 0 Å². The molecule has 2 nitrogen and oxygen atoms in total. The van der Waals surface area contributed by atoms with Gasteiger partial charge < -0.3 is 5.11 Å². The molecule has 0 aliphatic heterocycles. The van der Waals surface area contributed by atoms with Crippen molar-refractivity contribution in [2.75, 3.05) is 0 Å². The van der Waals surface area contributed by atoms with E-state index in [4.69, 9.17) is 6.48 Å². The number of carbonyl (C=O) groups is 1. The lowest BCUT2D eigenvalue weighted by molar-refractivity contribution is -0.131. The van der Waals surface area contributed by atoms with E-state index in [1.165, 1.54) is 12.2 Å². The van der Waals surface area contributed by atoms with Gasteiger partial charge in [-0.2, -0.15) is 0 Å². The zero-order valence-corrected chi connectivity index (χ0v) is 6.03. The Morgan fingerprint density at radius 2 is 1.82 bits per heavy atom. The van der Waals surface area contributed by atoms with E-state index in [9.17, 15) is 4.79 Å². The maximum absolute atomic E-state index is 10.1. The van der Waals surface area contributed by atoms with Gasteiger partial charge in [0, 0.05) is 6.05 Å². The van der Waals surface area contributed by atoms with Crippen molar-refractivity contribution in [3.8, 4) is 0 Å². The predicted octanol–water partition coefficient (Wildman–Crippen LogP) is 1.93. The lowest BCUT2D eigenvalue weighted by atomic mass is 10.4. The Morgan fingerprint density at radius 3 is 2.36 bits per heavy atom. The van der Waals surface area contributed by atoms with E-state index >= 15 is 0 Å². The minimum Gasteiger partial charge on any atom is -0.478 e. The van der Waals surface area contributed by atoms with Crippen LogP contribution in [0.25, 0.3) is 0 Å². The van der Waals surface area contributed by atoms with Gasteiger partial charge >= 0.3 is 5.97 Å². The Morgan fingerprint density at radius 1 is 1.27 bits per heavy atom. The number of hydrogen-bond donors (Lipinski definition) is 1. The van der Waals surface area contributed by atoms with E-state index in [-0.39, 0.29) is 0 Å². The first-order valence-corrected chi connectivity index (χ1v) is 3.04. The van der Waals surface area contributed by atoms with Crippen LogP contribution in [0.3, 0.4) is 0 Å². The van der Waals surface area contributed by atoms with Crippen LogP contribution in [-0.2, 0) is 4.79 Å². The number of carboxylic acids is 1. The lowest BCUT2D eigenvalue weighted by Crippen LogP contribution is -1.84. The van der Waals surface area contributed by atoms with Crippen molar-refractivity contribution >= 4 is 5.97 Å². The molecular weight excluding hydrogens is 140 g/mol. The fraction of sp³-hybridized carbons (Fsp3) is 0. The van der Waals surface area contributed by atoms with Crippen molar-refractivity contribution < 1.29 is 11.3 Å². The molecule has 0 atom stereocenters. The second-order valence-electron chi connectivity index (χ2n) is 1.62. The monoisotopic (exact) mass is 152 g/mol. The summed E-state index contributed by atoms with van der Waals surface area (Å²) in [7, 11) is 0. The molecule has 0 bridgehead atoms. The molecule has 0 radical (unpaired) electrons. The van der Waals surface area contributed by atoms with Gasteiger partial charge in [0.25, 0.3) is 0 Å². The molecule has 0 aromatic heterocycles. The topological polar surface area (TPSA) is 37.3 Å². The average Bonchev–Trinajstić information content (AvgIpc) is 2.03. The molecule has 2 heteroatoms. The number of rotatable bonds is 4. The Kier molecular flexibility index (Phi) is 4.49. The van der Waals surface area contributed by atoms with Gasteiger partial charge in [0.15, 0.2) is 0 Å². The molecule has 58 valence electrons. The molecule has 0 unspecified atom stereocenters. The third-order valence-corrected chi connectivity index (χ3v) is 0.772. The molecule has 0 heterocycles. The summed E-state index contributed by atoms with van der Waals surface area (Å²) >= 11 is 0. The second-order valence-corrected chi connectivity index (χ2v) is 1.62. The zero-order chi connectivity index (χ0) is 9.40. The highest BCUT2D eigenvalue weighted by Crippen LogP contribution is 1.80. The van der Waals surface area contributed by atoms with Crippen LogP contribution in [0.1, 0.15) is 1.37 Å². The summed E-state index contributed by atoms with van der Waals surface area (Å²) in [6, 6.07) is -0.432. The normalized spacial score (nSPS) is 13.8. The van der Waals surface area contributed by atoms with E-state index in [1.807, 2.05) is 0 Å². The number of hydrogen-bond acceptors (Lipinski definition) is 1. The Bertz CT molecular complexity index is 249. The predicted molar refractivity (Wildman–Crippen MR) is 45.3 cm³/mol. The van der Waals surface area contributed by atoms with Gasteiger partial charge in [0.2, 0.25) is 0 Å². The Balaban J connectivity index is 4.03.